The molecule has 0 radical (unpaired) electrons. The second kappa shape index (κ2) is 12.4. The third-order valence-corrected chi connectivity index (χ3v) is 6.52. The largest absolute Gasteiger partial charge is 0.493 e. The van der Waals surface area contributed by atoms with Crippen LogP contribution in [0.2, 0.25) is 0 Å². The number of methoxy groups -OCH3 is 2. The third-order valence-electron chi connectivity index (χ3n) is 6.03. The van der Waals surface area contributed by atoms with Crippen LogP contribution in [0.3, 0.4) is 0 Å². The number of carbonyl (C=O) groups excluding carboxylic acids is 1. The number of hydrogen-bond donors (Lipinski definition) is 0. The maximum Gasteiger partial charge on any atom is 0.306 e. The molecule has 1 aliphatic rings. The summed E-state index contributed by atoms with van der Waals surface area (Å²) in [5.74, 6) is 1.83. The van der Waals surface area contributed by atoms with Crippen molar-refractivity contribution in [3.05, 3.63) is 53.1 Å². The van der Waals surface area contributed by atoms with Crippen molar-refractivity contribution in [2.45, 2.75) is 32.1 Å². The fourth-order valence-corrected chi connectivity index (χ4v) is 4.73. The van der Waals surface area contributed by atoms with E-state index in [1.54, 1.807) is 32.4 Å². The predicted molar refractivity (Wildman–Crippen MR) is 135 cm³/mol. The summed E-state index contributed by atoms with van der Waals surface area (Å²) in [4.78, 5) is 15.3. The Labute approximate surface area is 208 Å². The summed E-state index contributed by atoms with van der Waals surface area (Å²) in [5.41, 5.74) is 2.81. The Morgan fingerprint density at radius 1 is 1.06 bits per heavy atom. The van der Waals surface area contributed by atoms with E-state index in [4.69, 9.17) is 13.7 Å². The summed E-state index contributed by atoms with van der Waals surface area (Å²) in [6, 6.07) is 10.9. The number of nitrogens with zero attached hydrogens (tertiary/aromatic N) is 1. The second-order valence-electron chi connectivity index (χ2n) is 8.59. The minimum atomic E-state index is -3.53. The summed E-state index contributed by atoms with van der Waals surface area (Å²) in [6.07, 6.45) is 5.35. The van der Waals surface area contributed by atoms with Crippen molar-refractivity contribution in [1.29, 1.82) is 0 Å². The lowest BCUT2D eigenvalue weighted by Crippen LogP contribution is -2.26. The zero-order chi connectivity index (χ0) is 24.0. The van der Waals surface area contributed by atoms with Crippen molar-refractivity contribution in [3.63, 3.8) is 0 Å². The van der Waals surface area contributed by atoms with Crippen molar-refractivity contribution in [2.75, 3.05) is 40.6 Å². The van der Waals surface area contributed by atoms with Crippen LogP contribution in [0.25, 0.3) is 0 Å². The van der Waals surface area contributed by atoms with Crippen molar-refractivity contribution in [3.8, 4) is 17.2 Å². The van der Waals surface area contributed by atoms with E-state index in [1.807, 2.05) is 18.2 Å². The highest BCUT2D eigenvalue weighted by Gasteiger charge is 2.28. The molecule has 2 aromatic rings. The van der Waals surface area contributed by atoms with Crippen molar-refractivity contribution in [1.82, 2.24) is 4.90 Å². The van der Waals surface area contributed by atoms with E-state index in [9.17, 15) is 13.2 Å². The van der Waals surface area contributed by atoms with Gasteiger partial charge >= 0.3 is 10.1 Å². The Hall–Kier alpha value is -2.29. The zero-order valence-corrected chi connectivity index (χ0v) is 21.8. The van der Waals surface area contributed by atoms with Crippen LogP contribution < -0.4 is 13.7 Å². The minimum Gasteiger partial charge on any atom is -0.493 e. The highest BCUT2D eigenvalue weighted by Crippen LogP contribution is 2.36. The van der Waals surface area contributed by atoms with Gasteiger partial charge in [0, 0.05) is 18.0 Å². The van der Waals surface area contributed by atoms with Gasteiger partial charge < -0.3 is 18.6 Å². The summed E-state index contributed by atoms with van der Waals surface area (Å²) >= 11 is 0. The van der Waals surface area contributed by atoms with Crippen LogP contribution in [0, 0.1) is 5.92 Å². The van der Waals surface area contributed by atoms with Crippen molar-refractivity contribution < 1.29 is 26.9 Å². The number of aryl methyl sites for hydroxylation is 1. The minimum absolute atomic E-state index is 0. The number of ketones is 1. The quantitative estimate of drug-likeness (QED) is 0.419. The molecule has 0 aromatic heterocycles. The van der Waals surface area contributed by atoms with E-state index in [0.29, 0.717) is 17.2 Å². The molecule has 1 unspecified atom stereocenters. The number of halogens is 1. The maximum absolute atomic E-state index is 13.0. The molecule has 188 valence electrons. The molecule has 0 aliphatic heterocycles. The van der Waals surface area contributed by atoms with Crippen LogP contribution in [0.15, 0.2) is 36.4 Å². The summed E-state index contributed by atoms with van der Waals surface area (Å²) in [7, 11) is 1.72. The first-order valence-corrected chi connectivity index (χ1v) is 13.0. The number of carbonyl (C=O) groups is 1. The Bertz CT molecular complexity index is 1090. The molecule has 1 atom stereocenters. The number of ether oxygens (including phenoxy) is 2. The second-order valence-corrected chi connectivity index (χ2v) is 10.2. The highest BCUT2D eigenvalue weighted by molar-refractivity contribution is 7.86. The lowest BCUT2D eigenvalue weighted by molar-refractivity contribution is 0.0890. The van der Waals surface area contributed by atoms with E-state index in [2.05, 4.69) is 11.9 Å². The maximum atomic E-state index is 13.0. The molecule has 3 rings (SSSR count). The van der Waals surface area contributed by atoms with Gasteiger partial charge in [-0.15, -0.1) is 12.4 Å². The molecule has 2 aromatic carbocycles. The first kappa shape index (κ1) is 28.0. The van der Waals surface area contributed by atoms with Crippen LogP contribution in [-0.2, 0) is 23.0 Å². The molecular formula is C25H34ClNO6S. The van der Waals surface area contributed by atoms with Crippen molar-refractivity contribution >= 4 is 28.3 Å². The molecule has 0 saturated heterocycles. The van der Waals surface area contributed by atoms with E-state index in [-0.39, 0.29) is 24.1 Å². The third kappa shape index (κ3) is 7.61. The summed E-state index contributed by atoms with van der Waals surface area (Å²) in [5, 5.41) is 0. The van der Waals surface area contributed by atoms with Crippen LogP contribution in [0.5, 0.6) is 17.2 Å². The molecule has 0 spiro atoms. The molecule has 9 heteroatoms. The topological polar surface area (TPSA) is 82.1 Å². The van der Waals surface area contributed by atoms with Crippen molar-refractivity contribution in [2.24, 2.45) is 5.92 Å². The molecule has 0 fully saturated rings. The first-order valence-electron chi connectivity index (χ1n) is 11.2. The predicted octanol–water partition coefficient (Wildman–Crippen LogP) is 4.16. The molecule has 0 amide bonds. The van der Waals surface area contributed by atoms with Gasteiger partial charge in [0.15, 0.2) is 17.3 Å². The fraction of sp³-hybridized carbons (Fsp3) is 0.480. The lowest BCUT2D eigenvalue weighted by atomic mass is 9.80. The molecule has 0 bridgehead atoms. The average molecular weight is 512 g/mol. The number of fused-ring (bicyclic) bond motifs is 1. The molecule has 7 nitrogen and oxygen atoms in total. The van der Waals surface area contributed by atoms with E-state index < -0.39 is 10.1 Å². The Kier molecular flexibility index (Phi) is 10.2. The zero-order valence-electron chi connectivity index (χ0n) is 20.2. The SMILES string of the molecule is COc1cc2c(cc1OC)C(=O)C(CCCN(C)CCc1cccc(OS(C)(=O)=O)c1)CC2.Cl. The van der Waals surface area contributed by atoms with Crippen LogP contribution in [-0.4, -0.2) is 59.7 Å². The van der Waals surface area contributed by atoms with Gasteiger partial charge in [0.05, 0.1) is 20.5 Å². The van der Waals surface area contributed by atoms with Crippen LogP contribution in [0.4, 0.5) is 0 Å². The summed E-state index contributed by atoms with van der Waals surface area (Å²) in [6.45, 7) is 1.73. The molecule has 34 heavy (non-hydrogen) atoms. The van der Waals surface area contributed by atoms with E-state index in [0.717, 1.165) is 68.1 Å². The Balaban J connectivity index is 0.00000408. The van der Waals surface area contributed by atoms with Gasteiger partial charge in [-0.3, -0.25) is 4.79 Å². The Morgan fingerprint density at radius 3 is 2.44 bits per heavy atom. The molecule has 0 N–H and O–H groups in total. The highest BCUT2D eigenvalue weighted by atomic mass is 35.5. The Morgan fingerprint density at radius 2 is 1.76 bits per heavy atom. The first-order chi connectivity index (χ1) is 15.7. The standard InChI is InChI=1S/C25H33NO6S.ClH/c1-26(14-12-18-7-5-9-21(15-18)32-33(4,28)29)13-6-8-19-10-11-20-16-23(30-2)24(31-3)17-22(20)25(19)27;/h5,7,9,15-17,19H,6,8,10-14H2,1-4H3;1H. The van der Waals surface area contributed by atoms with Gasteiger partial charge in [-0.2, -0.15) is 8.42 Å². The van der Waals surface area contributed by atoms with E-state index >= 15 is 0 Å². The molecule has 0 saturated carbocycles. The van der Waals surface area contributed by atoms with Gasteiger partial charge in [0.1, 0.15) is 5.75 Å². The number of likely N-dealkylation sites (N-methyl/N-ethyl adjacent to an activating group) is 1. The van der Waals surface area contributed by atoms with Crippen LogP contribution >= 0.6 is 12.4 Å². The number of benzene rings is 2. The van der Waals surface area contributed by atoms with E-state index in [1.165, 1.54) is 0 Å². The molecule has 0 heterocycles. The molecule has 1 aliphatic carbocycles. The monoisotopic (exact) mass is 511 g/mol. The fourth-order valence-electron chi connectivity index (χ4n) is 4.28. The number of hydrogen-bond acceptors (Lipinski definition) is 7. The molecular weight excluding hydrogens is 478 g/mol. The lowest BCUT2D eigenvalue weighted by Gasteiger charge is -2.25. The smallest absolute Gasteiger partial charge is 0.306 e. The summed E-state index contributed by atoms with van der Waals surface area (Å²) < 4.78 is 38.3. The van der Waals surface area contributed by atoms with Gasteiger partial charge in [-0.1, -0.05) is 12.1 Å². The number of rotatable bonds is 11. The van der Waals surface area contributed by atoms with Gasteiger partial charge in [0.25, 0.3) is 0 Å². The van der Waals surface area contributed by atoms with Gasteiger partial charge in [-0.05, 0) is 81.1 Å². The average Bonchev–Trinajstić information content (AvgIpc) is 2.77. The van der Waals surface area contributed by atoms with Gasteiger partial charge in [-0.25, -0.2) is 0 Å². The van der Waals surface area contributed by atoms with Crippen LogP contribution in [0.1, 0.15) is 40.7 Å². The number of Topliss-reactive ketones (excluding diaryl/α,β-unsaturated/α-hetero) is 1. The normalized spacial score (nSPS) is 15.4. The van der Waals surface area contributed by atoms with Gasteiger partial charge in [0.2, 0.25) is 0 Å².